The van der Waals surface area contributed by atoms with Crippen molar-refractivity contribution >= 4 is 0 Å². The first-order chi connectivity index (χ1) is 9.77. The van der Waals surface area contributed by atoms with Crippen molar-refractivity contribution in [2.24, 2.45) is 0 Å². The number of benzene rings is 1. The van der Waals surface area contributed by atoms with E-state index >= 15 is 0 Å². The number of unbranched alkanes of at least 4 members (excludes halogenated alkanes) is 1. The summed E-state index contributed by atoms with van der Waals surface area (Å²) in [7, 11) is 1.55. The third kappa shape index (κ3) is 3.49. The summed E-state index contributed by atoms with van der Waals surface area (Å²) in [4.78, 5) is 2.45. The predicted octanol–water partition coefficient (Wildman–Crippen LogP) is 2.97. The number of nitrogens with one attached hydrogen (secondary N) is 1. The summed E-state index contributed by atoms with van der Waals surface area (Å²) in [6.45, 7) is 6.21. The molecule has 1 saturated heterocycles. The highest BCUT2D eigenvalue weighted by Gasteiger charge is 2.25. The van der Waals surface area contributed by atoms with Crippen molar-refractivity contribution in [1.82, 2.24) is 10.2 Å². The van der Waals surface area contributed by atoms with Crippen LogP contribution in [0.3, 0.4) is 0 Å². The molecular formula is C16H25FN2O. The fourth-order valence-electron chi connectivity index (χ4n) is 2.93. The van der Waals surface area contributed by atoms with Crippen LogP contribution in [-0.4, -0.2) is 38.2 Å². The molecule has 1 aromatic carbocycles. The summed E-state index contributed by atoms with van der Waals surface area (Å²) in [5.41, 5.74) is 0.989. The monoisotopic (exact) mass is 280 g/mol. The maximum atomic E-state index is 13.9. The quantitative estimate of drug-likeness (QED) is 0.867. The molecule has 0 spiro atoms. The summed E-state index contributed by atoms with van der Waals surface area (Å²) in [5, 5.41) is 3.37. The molecule has 1 fully saturated rings. The molecule has 0 saturated carbocycles. The van der Waals surface area contributed by atoms with Gasteiger partial charge >= 0.3 is 0 Å². The Balaban J connectivity index is 2.27. The molecule has 0 amide bonds. The lowest BCUT2D eigenvalue weighted by atomic mass is 9.97. The number of hydrogen-bond donors (Lipinski definition) is 1. The average Bonchev–Trinajstić information content (AvgIpc) is 2.49. The minimum atomic E-state index is -0.262. The molecule has 1 heterocycles. The highest BCUT2D eigenvalue weighted by atomic mass is 19.1. The van der Waals surface area contributed by atoms with E-state index in [2.05, 4.69) is 17.1 Å². The highest BCUT2D eigenvalue weighted by molar-refractivity contribution is 5.37. The first-order valence-electron chi connectivity index (χ1n) is 7.55. The summed E-state index contributed by atoms with van der Waals surface area (Å²) < 4.78 is 19.3. The second-order valence-electron chi connectivity index (χ2n) is 5.31. The predicted molar refractivity (Wildman–Crippen MR) is 79.7 cm³/mol. The molecule has 20 heavy (non-hydrogen) atoms. The van der Waals surface area contributed by atoms with E-state index in [9.17, 15) is 4.39 Å². The van der Waals surface area contributed by atoms with Gasteiger partial charge in [-0.05, 0) is 12.5 Å². The SMILES string of the molecule is CCCC[C@H](c1cccc(F)c1OC)N1CCNCC1. The lowest BCUT2D eigenvalue weighted by Crippen LogP contribution is -2.45. The molecule has 1 N–H and O–H groups in total. The number of nitrogens with zero attached hydrogens (tertiary/aromatic N) is 1. The number of methoxy groups -OCH3 is 1. The summed E-state index contributed by atoms with van der Waals surface area (Å²) in [6.07, 6.45) is 3.35. The first kappa shape index (κ1) is 15.3. The zero-order valence-corrected chi connectivity index (χ0v) is 12.5. The van der Waals surface area contributed by atoms with Gasteiger partial charge in [0.05, 0.1) is 7.11 Å². The molecule has 4 heteroatoms. The van der Waals surface area contributed by atoms with Gasteiger partial charge in [-0.2, -0.15) is 0 Å². The van der Waals surface area contributed by atoms with E-state index in [0.29, 0.717) is 5.75 Å². The normalized spacial score (nSPS) is 17.9. The highest BCUT2D eigenvalue weighted by Crippen LogP contribution is 2.34. The molecule has 0 aliphatic carbocycles. The van der Waals surface area contributed by atoms with Gasteiger partial charge in [-0.15, -0.1) is 0 Å². The van der Waals surface area contributed by atoms with Crippen LogP contribution in [0.2, 0.25) is 0 Å². The molecular weight excluding hydrogens is 255 g/mol. The Hall–Kier alpha value is -1.13. The number of halogens is 1. The average molecular weight is 280 g/mol. The van der Waals surface area contributed by atoms with Crippen LogP contribution in [0.5, 0.6) is 5.75 Å². The van der Waals surface area contributed by atoms with Crippen molar-refractivity contribution < 1.29 is 9.13 Å². The Bertz CT molecular complexity index is 419. The molecule has 1 aliphatic rings. The van der Waals surface area contributed by atoms with Crippen LogP contribution in [0.1, 0.15) is 37.8 Å². The standard InChI is InChI=1S/C16H25FN2O/c1-3-4-8-15(19-11-9-18-10-12-19)13-6-5-7-14(17)16(13)20-2/h5-7,15,18H,3-4,8-12H2,1-2H3/t15-/m1/s1. The lowest BCUT2D eigenvalue weighted by molar-refractivity contribution is 0.159. The molecule has 0 radical (unpaired) electrons. The Kier molecular flexibility index (Phi) is 5.80. The van der Waals surface area contributed by atoms with Crippen LogP contribution in [0.4, 0.5) is 4.39 Å². The number of para-hydroxylation sites is 1. The van der Waals surface area contributed by atoms with Gasteiger partial charge in [0.25, 0.3) is 0 Å². The van der Waals surface area contributed by atoms with Crippen LogP contribution >= 0.6 is 0 Å². The molecule has 1 aromatic rings. The Morgan fingerprint density at radius 3 is 2.75 bits per heavy atom. The topological polar surface area (TPSA) is 24.5 Å². The minimum Gasteiger partial charge on any atom is -0.493 e. The van der Waals surface area contributed by atoms with E-state index in [1.165, 1.54) is 6.07 Å². The lowest BCUT2D eigenvalue weighted by Gasteiger charge is -2.36. The van der Waals surface area contributed by atoms with E-state index in [1.54, 1.807) is 13.2 Å². The van der Waals surface area contributed by atoms with Crippen LogP contribution in [0.25, 0.3) is 0 Å². The Morgan fingerprint density at radius 2 is 2.10 bits per heavy atom. The molecule has 1 aliphatic heterocycles. The maximum absolute atomic E-state index is 13.9. The Morgan fingerprint density at radius 1 is 1.35 bits per heavy atom. The molecule has 0 aromatic heterocycles. The van der Waals surface area contributed by atoms with Crippen LogP contribution in [-0.2, 0) is 0 Å². The summed E-state index contributed by atoms with van der Waals surface area (Å²) >= 11 is 0. The number of rotatable bonds is 6. The molecule has 112 valence electrons. The van der Waals surface area contributed by atoms with E-state index in [4.69, 9.17) is 4.74 Å². The fraction of sp³-hybridized carbons (Fsp3) is 0.625. The largest absolute Gasteiger partial charge is 0.493 e. The van der Waals surface area contributed by atoms with Gasteiger partial charge in [0.1, 0.15) is 0 Å². The molecule has 0 bridgehead atoms. The van der Waals surface area contributed by atoms with Crippen LogP contribution < -0.4 is 10.1 Å². The summed E-state index contributed by atoms with van der Waals surface area (Å²) in [6, 6.07) is 5.51. The number of piperazine rings is 1. The Labute approximate surface area is 121 Å². The van der Waals surface area contributed by atoms with E-state index in [1.807, 2.05) is 6.07 Å². The van der Waals surface area contributed by atoms with Gasteiger partial charge in [0.15, 0.2) is 11.6 Å². The van der Waals surface area contributed by atoms with Crippen molar-refractivity contribution in [2.45, 2.75) is 32.2 Å². The zero-order chi connectivity index (χ0) is 14.4. The van der Waals surface area contributed by atoms with E-state index < -0.39 is 0 Å². The van der Waals surface area contributed by atoms with Gasteiger partial charge in [0.2, 0.25) is 0 Å². The van der Waals surface area contributed by atoms with Gasteiger partial charge in [-0.3, -0.25) is 4.90 Å². The summed E-state index contributed by atoms with van der Waals surface area (Å²) in [5.74, 6) is 0.147. The van der Waals surface area contributed by atoms with Crippen LogP contribution in [0, 0.1) is 5.82 Å². The number of hydrogen-bond acceptors (Lipinski definition) is 3. The van der Waals surface area contributed by atoms with Crippen molar-refractivity contribution in [3.63, 3.8) is 0 Å². The van der Waals surface area contributed by atoms with Crippen molar-refractivity contribution in [2.75, 3.05) is 33.3 Å². The van der Waals surface area contributed by atoms with Crippen molar-refractivity contribution in [3.8, 4) is 5.75 Å². The van der Waals surface area contributed by atoms with Gasteiger partial charge in [-0.25, -0.2) is 4.39 Å². The molecule has 3 nitrogen and oxygen atoms in total. The second-order valence-corrected chi connectivity index (χ2v) is 5.31. The third-order valence-corrected chi connectivity index (χ3v) is 3.98. The van der Waals surface area contributed by atoms with E-state index in [0.717, 1.165) is 51.0 Å². The zero-order valence-electron chi connectivity index (χ0n) is 12.5. The van der Waals surface area contributed by atoms with Gasteiger partial charge in [0, 0.05) is 37.8 Å². The van der Waals surface area contributed by atoms with Crippen molar-refractivity contribution in [1.29, 1.82) is 0 Å². The number of ether oxygens (including phenoxy) is 1. The fourth-order valence-corrected chi connectivity index (χ4v) is 2.93. The van der Waals surface area contributed by atoms with Gasteiger partial charge in [-0.1, -0.05) is 31.9 Å². The van der Waals surface area contributed by atoms with Crippen LogP contribution in [0.15, 0.2) is 18.2 Å². The second kappa shape index (κ2) is 7.60. The smallest absolute Gasteiger partial charge is 0.165 e. The van der Waals surface area contributed by atoms with Gasteiger partial charge < -0.3 is 10.1 Å². The first-order valence-corrected chi connectivity index (χ1v) is 7.55. The maximum Gasteiger partial charge on any atom is 0.165 e. The molecule has 0 unspecified atom stereocenters. The molecule has 2 rings (SSSR count). The van der Waals surface area contributed by atoms with E-state index in [-0.39, 0.29) is 11.9 Å². The minimum absolute atomic E-state index is 0.252. The van der Waals surface area contributed by atoms with Crippen molar-refractivity contribution in [3.05, 3.63) is 29.6 Å². The third-order valence-electron chi connectivity index (χ3n) is 3.98. The molecule has 1 atom stereocenters.